The summed E-state index contributed by atoms with van der Waals surface area (Å²) in [7, 11) is 3.25. The number of H-pyrrole nitrogens is 2. The summed E-state index contributed by atoms with van der Waals surface area (Å²) in [6, 6.07) is 5.79. The summed E-state index contributed by atoms with van der Waals surface area (Å²) < 4.78 is 4.61. The highest BCUT2D eigenvalue weighted by Crippen LogP contribution is 2.10. The highest BCUT2D eigenvalue weighted by Gasteiger charge is 2.06. The molecule has 0 aliphatic heterocycles. The Morgan fingerprint density at radius 3 is 2.79 bits per heavy atom. The number of carbonyl (C=O) groups excluding carboxylic acids is 1. The quantitative estimate of drug-likeness (QED) is 0.770. The summed E-state index contributed by atoms with van der Waals surface area (Å²) in [4.78, 5) is 29.6. The third-order valence-electron chi connectivity index (χ3n) is 2.99. The zero-order chi connectivity index (χ0) is 13.8. The third kappa shape index (κ3) is 3.45. The van der Waals surface area contributed by atoms with Gasteiger partial charge in [-0.05, 0) is 31.2 Å². The lowest BCUT2D eigenvalue weighted by Gasteiger charge is -2.14. The summed E-state index contributed by atoms with van der Waals surface area (Å²) in [5.74, 6) is -0.243. The van der Waals surface area contributed by atoms with Crippen LogP contribution in [0.2, 0.25) is 0 Å². The number of aromatic amines is 2. The second-order valence-corrected chi connectivity index (χ2v) is 4.52. The predicted molar refractivity (Wildman–Crippen MR) is 72.1 cm³/mol. The summed E-state index contributed by atoms with van der Waals surface area (Å²) in [5.41, 5.74) is 2.52. The Hall–Kier alpha value is -2.08. The first-order valence-electron chi connectivity index (χ1n) is 6.05. The van der Waals surface area contributed by atoms with E-state index in [1.165, 1.54) is 7.11 Å². The average Bonchev–Trinajstić information content (AvgIpc) is 2.75. The van der Waals surface area contributed by atoms with Crippen molar-refractivity contribution in [2.45, 2.75) is 6.42 Å². The summed E-state index contributed by atoms with van der Waals surface area (Å²) in [5, 5.41) is 0. The number of hydrogen-bond donors (Lipinski definition) is 2. The van der Waals surface area contributed by atoms with E-state index in [2.05, 4.69) is 14.7 Å². The van der Waals surface area contributed by atoms with Crippen LogP contribution in [0.3, 0.4) is 0 Å². The van der Waals surface area contributed by atoms with Gasteiger partial charge in [-0.2, -0.15) is 0 Å². The van der Waals surface area contributed by atoms with Crippen LogP contribution in [0.5, 0.6) is 0 Å². The molecule has 102 valence electrons. The molecule has 0 unspecified atom stereocenters. The molecule has 2 rings (SSSR count). The molecular weight excluding hydrogens is 246 g/mol. The van der Waals surface area contributed by atoms with E-state index in [0.717, 1.165) is 29.6 Å². The van der Waals surface area contributed by atoms with Gasteiger partial charge in [0.2, 0.25) is 0 Å². The molecule has 6 heteroatoms. The number of carbonyl (C=O) groups is 1. The monoisotopic (exact) mass is 263 g/mol. The van der Waals surface area contributed by atoms with E-state index in [4.69, 9.17) is 0 Å². The summed E-state index contributed by atoms with van der Waals surface area (Å²) in [6.45, 7) is 1.02. The molecule has 0 atom stereocenters. The van der Waals surface area contributed by atoms with E-state index in [1.807, 2.05) is 30.1 Å². The maximum absolute atomic E-state index is 11.1. The van der Waals surface area contributed by atoms with E-state index in [0.29, 0.717) is 0 Å². The maximum Gasteiger partial charge on any atom is 0.323 e. The van der Waals surface area contributed by atoms with Gasteiger partial charge in [-0.1, -0.05) is 6.07 Å². The molecule has 1 aromatic heterocycles. The molecule has 2 aromatic rings. The second kappa shape index (κ2) is 5.71. The lowest BCUT2D eigenvalue weighted by Crippen LogP contribution is -2.28. The first kappa shape index (κ1) is 13.4. The standard InChI is InChI=1S/C13H17N3O3/c1-16(8-12(17)19-2)6-5-9-3-4-10-11(7-9)15-13(18)14-10/h3-4,7H,5-6,8H2,1-2H3,(H2,14,15,18). The molecule has 0 amide bonds. The van der Waals surface area contributed by atoms with Crippen LogP contribution in [0.25, 0.3) is 11.0 Å². The Labute approximate surface area is 110 Å². The number of nitrogens with one attached hydrogen (secondary N) is 2. The highest BCUT2D eigenvalue weighted by molar-refractivity contribution is 5.75. The highest BCUT2D eigenvalue weighted by atomic mass is 16.5. The molecule has 0 aliphatic rings. The zero-order valence-electron chi connectivity index (χ0n) is 11.0. The Morgan fingerprint density at radius 2 is 2.05 bits per heavy atom. The Morgan fingerprint density at radius 1 is 1.32 bits per heavy atom. The topological polar surface area (TPSA) is 78.2 Å². The van der Waals surface area contributed by atoms with Crippen LogP contribution in [-0.2, 0) is 16.0 Å². The molecular formula is C13H17N3O3. The van der Waals surface area contributed by atoms with Gasteiger partial charge in [0.25, 0.3) is 0 Å². The number of fused-ring (bicyclic) bond motifs is 1. The molecule has 1 heterocycles. The number of benzene rings is 1. The van der Waals surface area contributed by atoms with Crippen LogP contribution >= 0.6 is 0 Å². The molecule has 6 nitrogen and oxygen atoms in total. The molecule has 2 N–H and O–H groups in total. The normalized spacial score (nSPS) is 11.1. The summed E-state index contributed by atoms with van der Waals surface area (Å²) >= 11 is 0. The van der Waals surface area contributed by atoms with Gasteiger partial charge in [0.05, 0.1) is 24.7 Å². The lowest BCUT2D eigenvalue weighted by atomic mass is 10.1. The Bertz CT molecular complexity index is 629. The van der Waals surface area contributed by atoms with Crippen LogP contribution in [0.4, 0.5) is 0 Å². The van der Waals surface area contributed by atoms with Crippen molar-refractivity contribution in [1.29, 1.82) is 0 Å². The first-order valence-corrected chi connectivity index (χ1v) is 6.05. The van der Waals surface area contributed by atoms with E-state index in [9.17, 15) is 9.59 Å². The molecule has 0 bridgehead atoms. The number of ether oxygens (including phenoxy) is 1. The van der Waals surface area contributed by atoms with E-state index < -0.39 is 0 Å². The molecule has 0 saturated heterocycles. The number of rotatable bonds is 5. The van der Waals surface area contributed by atoms with Crippen LogP contribution in [0.1, 0.15) is 5.56 Å². The van der Waals surface area contributed by atoms with Crippen molar-refractivity contribution in [2.24, 2.45) is 0 Å². The van der Waals surface area contributed by atoms with Crippen LogP contribution in [-0.4, -0.2) is 48.1 Å². The van der Waals surface area contributed by atoms with Gasteiger partial charge in [-0.3, -0.25) is 9.69 Å². The maximum atomic E-state index is 11.1. The van der Waals surface area contributed by atoms with Gasteiger partial charge >= 0.3 is 11.7 Å². The van der Waals surface area contributed by atoms with E-state index in [1.54, 1.807) is 0 Å². The number of imidazole rings is 1. The first-order chi connectivity index (χ1) is 9.08. The Kier molecular flexibility index (Phi) is 4.01. The van der Waals surface area contributed by atoms with E-state index >= 15 is 0 Å². The lowest BCUT2D eigenvalue weighted by molar-refractivity contribution is -0.141. The van der Waals surface area contributed by atoms with Crippen LogP contribution < -0.4 is 5.69 Å². The molecule has 0 aliphatic carbocycles. The molecule has 0 radical (unpaired) electrons. The van der Waals surface area contributed by atoms with Crippen LogP contribution in [0, 0.1) is 0 Å². The van der Waals surface area contributed by atoms with Crippen molar-refractivity contribution in [3.05, 3.63) is 34.2 Å². The van der Waals surface area contributed by atoms with Crippen LogP contribution in [0.15, 0.2) is 23.0 Å². The van der Waals surface area contributed by atoms with Crippen molar-refractivity contribution in [2.75, 3.05) is 27.2 Å². The summed E-state index contributed by atoms with van der Waals surface area (Å²) in [6.07, 6.45) is 0.802. The average molecular weight is 263 g/mol. The minimum atomic E-state index is -0.243. The van der Waals surface area contributed by atoms with Crippen molar-refractivity contribution in [3.63, 3.8) is 0 Å². The number of esters is 1. The number of nitrogens with zero attached hydrogens (tertiary/aromatic N) is 1. The number of methoxy groups -OCH3 is 1. The zero-order valence-corrected chi connectivity index (χ0v) is 11.0. The van der Waals surface area contributed by atoms with Crippen molar-refractivity contribution in [1.82, 2.24) is 14.9 Å². The largest absolute Gasteiger partial charge is 0.468 e. The molecule has 0 spiro atoms. The number of hydrogen-bond acceptors (Lipinski definition) is 4. The van der Waals surface area contributed by atoms with Gasteiger partial charge in [0.1, 0.15) is 0 Å². The molecule has 19 heavy (non-hydrogen) atoms. The van der Waals surface area contributed by atoms with Crippen molar-refractivity contribution in [3.8, 4) is 0 Å². The van der Waals surface area contributed by atoms with Crippen molar-refractivity contribution < 1.29 is 9.53 Å². The number of likely N-dealkylation sites (N-methyl/N-ethyl adjacent to an activating group) is 1. The smallest absolute Gasteiger partial charge is 0.323 e. The van der Waals surface area contributed by atoms with Gasteiger partial charge in [-0.25, -0.2) is 4.79 Å². The molecule has 0 saturated carbocycles. The van der Waals surface area contributed by atoms with E-state index in [-0.39, 0.29) is 18.2 Å². The fourth-order valence-corrected chi connectivity index (χ4v) is 1.92. The fraction of sp³-hybridized carbons (Fsp3) is 0.385. The minimum Gasteiger partial charge on any atom is -0.468 e. The fourth-order valence-electron chi connectivity index (χ4n) is 1.92. The van der Waals surface area contributed by atoms with Gasteiger partial charge in [0, 0.05) is 6.54 Å². The molecule has 1 aromatic carbocycles. The molecule has 0 fully saturated rings. The minimum absolute atomic E-state index is 0.199. The van der Waals surface area contributed by atoms with Gasteiger partial charge in [-0.15, -0.1) is 0 Å². The third-order valence-corrected chi connectivity index (χ3v) is 2.99. The van der Waals surface area contributed by atoms with Gasteiger partial charge in [0.15, 0.2) is 0 Å². The number of aromatic nitrogens is 2. The van der Waals surface area contributed by atoms with Gasteiger partial charge < -0.3 is 14.7 Å². The second-order valence-electron chi connectivity index (χ2n) is 4.52. The SMILES string of the molecule is COC(=O)CN(C)CCc1ccc2[nH]c(=O)[nH]c2c1. The Balaban J connectivity index is 1.97. The predicted octanol–water partition coefficient (Wildman–Crippen LogP) is 0.503. The van der Waals surface area contributed by atoms with Crippen molar-refractivity contribution >= 4 is 17.0 Å².